The smallest absolute Gasteiger partial charge is 0.407 e. The number of hydrogen-bond donors (Lipinski definition) is 3. The minimum absolute atomic E-state index is 0.123. The van der Waals surface area contributed by atoms with Crippen LogP contribution in [0.4, 0.5) is 4.79 Å². The van der Waals surface area contributed by atoms with Gasteiger partial charge in [0.25, 0.3) is 0 Å². The first-order chi connectivity index (χ1) is 47.1. The van der Waals surface area contributed by atoms with Crippen LogP contribution in [-0.2, 0) is 53.3 Å². The number of rotatable bonds is 24. The normalized spacial score (nSPS) is 15.1. The number of esters is 3. The zero-order chi connectivity index (χ0) is 69.5. The first-order valence-electron chi connectivity index (χ1n) is 33.8. The number of carbonyl (C=O) groups excluding carboxylic acids is 6. The predicted octanol–water partition coefficient (Wildman–Crippen LogP) is 16.5. The molecular formula is C82H88ClN3O11S. The highest BCUT2D eigenvalue weighted by Crippen LogP contribution is 2.51. The second-order valence-electron chi connectivity index (χ2n) is 27.1. The summed E-state index contributed by atoms with van der Waals surface area (Å²) in [6, 6.07) is 62.6. The molecule has 1 fully saturated rings. The third-order valence-electron chi connectivity index (χ3n) is 17.9. The Bertz CT molecular complexity index is 3930. The molecule has 510 valence electrons. The highest BCUT2D eigenvalue weighted by Gasteiger charge is 2.46. The van der Waals surface area contributed by atoms with Gasteiger partial charge in [-0.15, -0.1) is 11.8 Å². The summed E-state index contributed by atoms with van der Waals surface area (Å²) < 4.78 is 29.3. The van der Waals surface area contributed by atoms with Crippen molar-refractivity contribution in [3.8, 4) is 16.9 Å². The van der Waals surface area contributed by atoms with Crippen LogP contribution >= 0.6 is 23.4 Å². The number of ether oxygens (including phenoxy) is 5. The first kappa shape index (κ1) is 71.6. The van der Waals surface area contributed by atoms with Gasteiger partial charge in [0.05, 0.1) is 24.7 Å². The summed E-state index contributed by atoms with van der Waals surface area (Å²) in [5, 5.41) is 8.58. The average molecular weight is 1360 g/mol. The summed E-state index contributed by atoms with van der Waals surface area (Å²) in [7, 11) is 1.59. The van der Waals surface area contributed by atoms with Gasteiger partial charge in [-0.1, -0.05) is 244 Å². The van der Waals surface area contributed by atoms with E-state index in [1.165, 1.54) is 43.0 Å². The maximum Gasteiger partial charge on any atom is 0.407 e. The van der Waals surface area contributed by atoms with Crippen LogP contribution in [-0.4, -0.2) is 84.6 Å². The van der Waals surface area contributed by atoms with Crippen LogP contribution in [0.5, 0.6) is 5.75 Å². The van der Waals surface area contributed by atoms with Crippen molar-refractivity contribution >= 4 is 59.2 Å². The number of alkyl carbamates (subject to hydrolysis) is 1. The lowest BCUT2D eigenvalue weighted by Gasteiger charge is -2.39. The van der Waals surface area contributed by atoms with Crippen LogP contribution in [0.3, 0.4) is 0 Å². The molecule has 0 spiro atoms. The molecule has 16 heteroatoms. The number of benzene rings is 8. The molecule has 2 unspecified atom stereocenters. The Morgan fingerprint density at radius 2 is 0.908 bits per heavy atom. The number of amides is 3. The fraction of sp³-hybridized carbons (Fsp3) is 0.341. The summed E-state index contributed by atoms with van der Waals surface area (Å²) in [6.07, 6.45) is 6.69. The van der Waals surface area contributed by atoms with Crippen molar-refractivity contribution in [1.82, 2.24) is 16.0 Å². The van der Waals surface area contributed by atoms with Crippen molar-refractivity contribution in [3.63, 3.8) is 0 Å². The van der Waals surface area contributed by atoms with Crippen molar-refractivity contribution < 1.29 is 52.5 Å². The number of hydrogen-bond acceptors (Lipinski definition) is 12. The molecule has 3 amide bonds. The zero-order valence-electron chi connectivity index (χ0n) is 56.9. The van der Waals surface area contributed by atoms with E-state index in [0.29, 0.717) is 33.4 Å². The van der Waals surface area contributed by atoms with E-state index in [2.05, 4.69) is 28.1 Å². The Kier molecular flexibility index (Phi) is 23.7. The van der Waals surface area contributed by atoms with E-state index in [4.69, 9.17) is 35.3 Å². The van der Waals surface area contributed by atoms with Gasteiger partial charge in [-0.25, -0.2) is 9.59 Å². The lowest BCUT2D eigenvalue weighted by Crippen LogP contribution is -2.58. The molecule has 0 aromatic heterocycles. The molecule has 0 heterocycles. The maximum atomic E-state index is 16.6. The van der Waals surface area contributed by atoms with Crippen molar-refractivity contribution in [2.45, 2.75) is 157 Å². The van der Waals surface area contributed by atoms with E-state index >= 15 is 14.4 Å². The van der Waals surface area contributed by atoms with Crippen molar-refractivity contribution in [3.05, 3.63) is 267 Å². The second-order valence-corrected chi connectivity index (χ2v) is 28.8. The van der Waals surface area contributed by atoms with Gasteiger partial charge in [0.15, 0.2) is 5.60 Å². The van der Waals surface area contributed by atoms with Gasteiger partial charge in [0.2, 0.25) is 11.8 Å². The van der Waals surface area contributed by atoms with E-state index in [1.54, 1.807) is 60.8 Å². The fourth-order valence-corrected chi connectivity index (χ4v) is 15.2. The SMILES string of the molecule is COc1ccc(C(SC[C@H](NC(=O)C(CC(=O)OC(C)(C)C)NC(=O)[C@H](CC(=O)OC(C)(C)C)NC(=O)OCC2c3ccccc3-c3ccccc32)C(=O)OC(c2ccccc2)(c2ccc(C3CCCCCCCC3)cc2)c2ccccc2Cl)(c2ccccc2)c2ccccc2)cc1. The van der Waals surface area contributed by atoms with Gasteiger partial charge in [0, 0.05) is 33.4 Å². The molecule has 2 aliphatic carbocycles. The van der Waals surface area contributed by atoms with Crippen LogP contribution in [0, 0.1) is 0 Å². The molecule has 8 aromatic rings. The Morgan fingerprint density at radius 3 is 1.42 bits per heavy atom. The number of methoxy groups -OCH3 is 1. The minimum Gasteiger partial charge on any atom is -0.497 e. The third kappa shape index (κ3) is 17.6. The van der Waals surface area contributed by atoms with Crippen molar-refractivity contribution in [2.24, 2.45) is 0 Å². The minimum atomic E-state index is -1.81. The molecule has 0 radical (unpaired) electrons. The monoisotopic (exact) mass is 1360 g/mol. The Hall–Kier alpha value is -9.18. The molecule has 10 rings (SSSR count). The molecule has 2 aliphatic rings. The van der Waals surface area contributed by atoms with Gasteiger partial charge in [-0.3, -0.25) is 19.2 Å². The number of nitrogens with one attached hydrogen (secondary N) is 3. The molecule has 4 atom stereocenters. The molecular weight excluding hydrogens is 1270 g/mol. The quantitative estimate of drug-likeness (QED) is 0.0296. The molecule has 8 aromatic carbocycles. The van der Waals surface area contributed by atoms with E-state index < -0.39 is 88.3 Å². The lowest BCUT2D eigenvalue weighted by molar-refractivity contribution is -0.159. The van der Waals surface area contributed by atoms with Gasteiger partial charge in [-0.05, 0) is 123 Å². The predicted molar refractivity (Wildman–Crippen MR) is 385 cm³/mol. The third-order valence-corrected chi connectivity index (χ3v) is 19.9. The van der Waals surface area contributed by atoms with Gasteiger partial charge in [0.1, 0.15) is 41.7 Å². The van der Waals surface area contributed by atoms with Gasteiger partial charge in [-0.2, -0.15) is 0 Å². The van der Waals surface area contributed by atoms with Crippen LogP contribution in [0.1, 0.15) is 168 Å². The summed E-state index contributed by atoms with van der Waals surface area (Å²) >= 11 is 8.73. The first-order valence-corrected chi connectivity index (χ1v) is 35.2. The molecule has 1 saturated carbocycles. The van der Waals surface area contributed by atoms with Crippen LogP contribution in [0.2, 0.25) is 5.02 Å². The summed E-state index contributed by atoms with van der Waals surface area (Å²) in [5.41, 5.74) is 5.35. The highest BCUT2D eigenvalue weighted by atomic mass is 35.5. The van der Waals surface area contributed by atoms with Crippen LogP contribution in [0.25, 0.3) is 11.1 Å². The Labute approximate surface area is 585 Å². The summed E-state index contributed by atoms with van der Waals surface area (Å²) in [5.74, 6) is -4.28. The molecule has 3 N–H and O–H groups in total. The summed E-state index contributed by atoms with van der Waals surface area (Å²) in [6.45, 7) is 9.85. The van der Waals surface area contributed by atoms with Crippen LogP contribution < -0.4 is 20.7 Å². The second kappa shape index (κ2) is 32.5. The molecule has 0 aliphatic heterocycles. The van der Waals surface area contributed by atoms with Gasteiger partial charge < -0.3 is 39.6 Å². The number of fused-ring (bicyclic) bond motifs is 3. The van der Waals surface area contributed by atoms with E-state index in [-0.39, 0.29) is 18.3 Å². The zero-order valence-corrected chi connectivity index (χ0v) is 58.4. The lowest BCUT2D eigenvalue weighted by atomic mass is 9.78. The molecule has 0 saturated heterocycles. The maximum absolute atomic E-state index is 16.6. The Morgan fingerprint density at radius 1 is 0.480 bits per heavy atom. The van der Waals surface area contributed by atoms with Gasteiger partial charge >= 0.3 is 24.0 Å². The van der Waals surface area contributed by atoms with E-state index in [9.17, 15) is 14.4 Å². The molecule has 98 heavy (non-hydrogen) atoms. The van der Waals surface area contributed by atoms with E-state index in [0.717, 1.165) is 64.6 Å². The summed E-state index contributed by atoms with van der Waals surface area (Å²) in [4.78, 5) is 89.8. The average Bonchev–Trinajstić information content (AvgIpc) is 1.04. The largest absolute Gasteiger partial charge is 0.497 e. The Balaban J connectivity index is 1.06. The van der Waals surface area contributed by atoms with Crippen LogP contribution in [0.15, 0.2) is 212 Å². The topological polar surface area (TPSA) is 185 Å². The number of halogens is 1. The standard InChI is InChI=1S/C82H88ClN3O11S/c1-79(2,3)95-73(87)51-70(84-76(90)71(52-74(88)96-80(4,5)6)86-78(92)94-53-67-65-39-25-23-37-63(65)64-38-24-26-40-66(64)67)75(89)85-72(54-98-82(59-33-19-13-20-34-59,60-35-21-14-22-36-60)61-47-49-62(93-7)50-48-61)77(91)97-81(57-31-17-12-18-32-57,68-41-27-28-42-69(68)83)58-45-43-56(44-46-58)55-29-15-10-8-9-11-16-30-55/h12-14,17-28,31-50,55,67,70-72H,8-11,15-16,29-30,51-54H2,1-7H3,(H,84,90)(H,85,89)(H,86,92)/t70?,71-,72-,81?/m0/s1. The molecule has 14 nitrogen and oxygen atoms in total. The number of thioether (sulfide) groups is 1. The fourth-order valence-electron chi connectivity index (χ4n) is 13.4. The van der Waals surface area contributed by atoms with E-state index in [1.807, 2.05) is 188 Å². The van der Waals surface area contributed by atoms with Crippen molar-refractivity contribution in [2.75, 3.05) is 19.5 Å². The molecule has 0 bridgehead atoms. The highest BCUT2D eigenvalue weighted by molar-refractivity contribution is 8.00. The van der Waals surface area contributed by atoms with Crippen molar-refractivity contribution in [1.29, 1.82) is 0 Å². The number of carbonyl (C=O) groups is 6.